The van der Waals surface area contributed by atoms with E-state index >= 15 is 0 Å². The molecule has 53 heavy (non-hydrogen) atoms. The summed E-state index contributed by atoms with van der Waals surface area (Å²) >= 11 is 0. The van der Waals surface area contributed by atoms with Crippen molar-refractivity contribution in [2.45, 2.75) is 99.8 Å². The molecule has 3 heterocycles. The van der Waals surface area contributed by atoms with Gasteiger partial charge in [0.1, 0.15) is 5.82 Å². The smallest absolute Gasteiger partial charge is 0.509 e. The first-order valence-electron chi connectivity index (χ1n) is 18.5. The number of aryl methyl sites for hydroxylation is 4. The SMILES string of the molecule is CCCc1ccnc(-n2c3[c-]c(Oc4[c-]c(-n5nc(C)c(-c6c(C)cc(C(C)(C)C)cc6C)c5C)cc(C(C)(C)C)c4)ccc3c3ccccc32)c1.[Pt+2]. The third kappa shape index (κ3) is 7.26. The van der Waals surface area contributed by atoms with E-state index in [2.05, 4.69) is 160 Å². The first kappa shape index (κ1) is 38.3. The van der Waals surface area contributed by atoms with Crippen LogP contribution in [0.5, 0.6) is 11.5 Å². The van der Waals surface area contributed by atoms with Crippen LogP contribution in [0.3, 0.4) is 0 Å². The summed E-state index contributed by atoms with van der Waals surface area (Å²) in [6.45, 7) is 24.4. The Morgan fingerprint density at radius 3 is 2.08 bits per heavy atom. The molecule has 0 N–H and O–H groups in total. The molecule has 0 spiro atoms. The van der Waals surface area contributed by atoms with Crippen molar-refractivity contribution in [2.75, 3.05) is 0 Å². The molecule has 274 valence electrons. The maximum atomic E-state index is 6.69. The summed E-state index contributed by atoms with van der Waals surface area (Å²) in [6, 6.07) is 33.1. The fourth-order valence-electron chi connectivity index (χ4n) is 7.48. The van der Waals surface area contributed by atoms with Gasteiger partial charge in [0, 0.05) is 34.5 Å². The van der Waals surface area contributed by atoms with Crippen LogP contribution >= 0.6 is 0 Å². The van der Waals surface area contributed by atoms with E-state index < -0.39 is 0 Å². The van der Waals surface area contributed by atoms with Crippen LogP contribution < -0.4 is 4.74 Å². The van der Waals surface area contributed by atoms with Gasteiger partial charge in [-0.2, -0.15) is 11.2 Å². The van der Waals surface area contributed by atoms with Crippen LogP contribution in [-0.4, -0.2) is 19.3 Å². The largest absolute Gasteiger partial charge is 2.00 e. The van der Waals surface area contributed by atoms with Gasteiger partial charge in [-0.15, -0.1) is 41.3 Å². The molecule has 0 unspecified atom stereocenters. The summed E-state index contributed by atoms with van der Waals surface area (Å²) in [4.78, 5) is 4.81. The first-order chi connectivity index (χ1) is 24.6. The molecule has 0 saturated heterocycles. The number of para-hydroxylation sites is 1. The number of benzene rings is 4. The molecule has 0 aliphatic carbocycles. The van der Waals surface area contributed by atoms with Gasteiger partial charge in [0.2, 0.25) is 0 Å². The van der Waals surface area contributed by atoms with Gasteiger partial charge in [0.05, 0.1) is 5.69 Å². The minimum absolute atomic E-state index is 0. The minimum atomic E-state index is -0.133. The Morgan fingerprint density at radius 1 is 0.717 bits per heavy atom. The second-order valence-corrected chi connectivity index (χ2v) is 16.4. The Bertz CT molecular complexity index is 2450. The van der Waals surface area contributed by atoms with E-state index in [1.54, 1.807) is 0 Å². The van der Waals surface area contributed by atoms with E-state index in [1.807, 2.05) is 16.9 Å². The summed E-state index contributed by atoms with van der Waals surface area (Å²) in [5.74, 6) is 2.13. The van der Waals surface area contributed by atoms with Crippen molar-refractivity contribution >= 4 is 21.8 Å². The Kier molecular flexibility index (Phi) is 10.4. The number of hydrogen-bond donors (Lipinski definition) is 0. The summed E-state index contributed by atoms with van der Waals surface area (Å²) < 4.78 is 10.9. The van der Waals surface area contributed by atoms with E-state index in [-0.39, 0.29) is 31.9 Å². The number of hydrogen-bond acceptors (Lipinski definition) is 3. The van der Waals surface area contributed by atoms with Crippen LogP contribution in [0.15, 0.2) is 79.0 Å². The molecular formula is C47H50N4OPt. The van der Waals surface area contributed by atoms with Gasteiger partial charge in [-0.3, -0.25) is 4.68 Å². The van der Waals surface area contributed by atoms with Gasteiger partial charge in [-0.1, -0.05) is 90.7 Å². The van der Waals surface area contributed by atoms with Crippen molar-refractivity contribution in [1.82, 2.24) is 19.3 Å². The van der Waals surface area contributed by atoms with Gasteiger partial charge in [0.25, 0.3) is 0 Å². The first-order valence-corrected chi connectivity index (χ1v) is 18.5. The van der Waals surface area contributed by atoms with Crippen molar-refractivity contribution in [3.8, 4) is 34.1 Å². The number of aromatic nitrogens is 4. The van der Waals surface area contributed by atoms with Gasteiger partial charge in [-0.05, 0) is 102 Å². The van der Waals surface area contributed by atoms with Gasteiger partial charge in [0.15, 0.2) is 0 Å². The summed E-state index contributed by atoms with van der Waals surface area (Å²) in [5, 5.41) is 7.39. The average Bonchev–Trinajstić information content (AvgIpc) is 3.56. The molecule has 0 radical (unpaired) electrons. The van der Waals surface area contributed by atoms with E-state index in [0.717, 1.165) is 63.1 Å². The molecule has 3 aromatic heterocycles. The van der Waals surface area contributed by atoms with E-state index in [0.29, 0.717) is 11.5 Å². The normalized spacial score (nSPS) is 12.1. The van der Waals surface area contributed by atoms with Gasteiger partial charge < -0.3 is 9.30 Å². The number of fused-ring (bicyclic) bond motifs is 3. The van der Waals surface area contributed by atoms with E-state index in [9.17, 15) is 0 Å². The molecule has 0 amide bonds. The molecule has 4 aromatic carbocycles. The molecule has 5 nitrogen and oxygen atoms in total. The maximum absolute atomic E-state index is 6.69. The monoisotopic (exact) mass is 881 g/mol. The zero-order valence-electron chi connectivity index (χ0n) is 32.9. The molecule has 0 saturated carbocycles. The molecule has 0 aliphatic heterocycles. The number of ether oxygens (including phenoxy) is 1. The molecule has 0 atom stereocenters. The molecular weight excluding hydrogens is 832 g/mol. The summed E-state index contributed by atoms with van der Waals surface area (Å²) in [6.07, 6.45) is 3.99. The molecule has 0 bridgehead atoms. The third-order valence-electron chi connectivity index (χ3n) is 10.2. The van der Waals surface area contributed by atoms with Crippen LogP contribution in [0.4, 0.5) is 0 Å². The van der Waals surface area contributed by atoms with Gasteiger partial charge in [-0.25, -0.2) is 4.98 Å². The van der Waals surface area contributed by atoms with Crippen molar-refractivity contribution in [3.05, 3.63) is 130 Å². The predicted molar refractivity (Wildman–Crippen MR) is 216 cm³/mol. The molecule has 6 heteroatoms. The Morgan fingerprint density at radius 2 is 1.40 bits per heavy atom. The van der Waals surface area contributed by atoms with E-state index in [1.165, 1.54) is 33.4 Å². The van der Waals surface area contributed by atoms with Gasteiger partial charge >= 0.3 is 21.1 Å². The topological polar surface area (TPSA) is 44.9 Å². The number of nitrogens with zero attached hydrogens (tertiary/aromatic N) is 4. The van der Waals surface area contributed by atoms with Crippen molar-refractivity contribution in [3.63, 3.8) is 0 Å². The predicted octanol–water partition coefficient (Wildman–Crippen LogP) is 12.2. The number of rotatable bonds is 7. The zero-order chi connectivity index (χ0) is 37.1. The van der Waals surface area contributed by atoms with Crippen LogP contribution in [0.2, 0.25) is 0 Å². The average molecular weight is 882 g/mol. The maximum Gasteiger partial charge on any atom is 2.00 e. The van der Waals surface area contributed by atoms with Crippen molar-refractivity contribution < 1.29 is 25.8 Å². The molecule has 0 aliphatic rings. The fourth-order valence-corrected chi connectivity index (χ4v) is 7.48. The van der Waals surface area contributed by atoms with Crippen LogP contribution in [0.25, 0.3) is 44.4 Å². The zero-order valence-corrected chi connectivity index (χ0v) is 35.2. The Hall–Kier alpha value is -4.47. The van der Waals surface area contributed by atoms with E-state index in [4.69, 9.17) is 14.8 Å². The molecule has 7 aromatic rings. The van der Waals surface area contributed by atoms with Crippen LogP contribution in [0.1, 0.15) is 94.1 Å². The quantitative estimate of drug-likeness (QED) is 0.150. The van der Waals surface area contributed by atoms with Crippen molar-refractivity contribution in [2.24, 2.45) is 0 Å². The fraction of sp³-hybridized carbons (Fsp3) is 0.319. The number of pyridine rings is 1. The van der Waals surface area contributed by atoms with Crippen LogP contribution in [0, 0.1) is 39.8 Å². The summed E-state index contributed by atoms with van der Waals surface area (Å²) in [5.41, 5.74) is 13.6. The second-order valence-electron chi connectivity index (χ2n) is 16.4. The van der Waals surface area contributed by atoms with Crippen LogP contribution in [-0.2, 0) is 38.3 Å². The second kappa shape index (κ2) is 14.4. The summed E-state index contributed by atoms with van der Waals surface area (Å²) in [7, 11) is 0. The Labute approximate surface area is 329 Å². The minimum Gasteiger partial charge on any atom is -0.509 e. The Balaban J connectivity index is 0.00000481. The third-order valence-corrected chi connectivity index (χ3v) is 10.2. The standard InChI is InChI=1S/C47H50N4O.Pt/c1-12-15-33-20-21-48-43(24-33)50-41-17-14-13-16-39(41)40-19-18-37(28-42(40)50)52-38-26-35(47(9,10)11)25-36(27-38)51-32(5)45(31(4)49-51)44-29(2)22-34(23-30(44)3)46(6,7)8;/h13-14,16-26H,12,15H2,1-11H3;/q-2;+2. The molecule has 7 rings (SSSR count). The van der Waals surface area contributed by atoms with Crippen molar-refractivity contribution in [1.29, 1.82) is 0 Å². The molecule has 0 fully saturated rings.